The Hall–Kier alpha value is -0.570. The number of carbonyl (C=O) groups is 1. The van der Waals surface area contributed by atoms with Crippen molar-refractivity contribution in [1.29, 1.82) is 0 Å². The monoisotopic (exact) mass is 253 g/mol. The van der Waals surface area contributed by atoms with Gasteiger partial charge < -0.3 is 10.0 Å². The van der Waals surface area contributed by atoms with Crippen LogP contribution < -0.4 is 0 Å². The van der Waals surface area contributed by atoms with Crippen molar-refractivity contribution in [3.8, 4) is 0 Å². The molecule has 3 atom stereocenters. The van der Waals surface area contributed by atoms with Gasteiger partial charge in [0, 0.05) is 12.5 Å². The number of aliphatic carboxylic acids is 1. The van der Waals surface area contributed by atoms with Gasteiger partial charge in [-0.3, -0.25) is 4.79 Å². The van der Waals surface area contributed by atoms with Gasteiger partial charge in [0.05, 0.1) is 0 Å². The minimum absolute atomic E-state index is 0.367. The van der Waals surface area contributed by atoms with Crippen LogP contribution in [-0.2, 0) is 4.79 Å². The van der Waals surface area contributed by atoms with Crippen LogP contribution in [0.3, 0.4) is 0 Å². The van der Waals surface area contributed by atoms with E-state index in [4.69, 9.17) is 5.11 Å². The number of nitrogens with zero attached hydrogens (tertiary/aromatic N) is 1. The zero-order chi connectivity index (χ0) is 13.1. The Bertz CT molecular complexity index is 284. The van der Waals surface area contributed by atoms with E-state index < -0.39 is 5.97 Å². The van der Waals surface area contributed by atoms with E-state index in [1.807, 2.05) is 0 Å². The topological polar surface area (TPSA) is 40.5 Å². The van der Waals surface area contributed by atoms with Gasteiger partial charge in [-0.2, -0.15) is 0 Å². The molecular formula is C15H27NO2. The third kappa shape index (κ3) is 3.47. The van der Waals surface area contributed by atoms with Crippen molar-refractivity contribution < 1.29 is 9.90 Å². The Morgan fingerprint density at radius 1 is 1.11 bits per heavy atom. The highest BCUT2D eigenvalue weighted by atomic mass is 16.4. The largest absolute Gasteiger partial charge is 0.481 e. The number of hydrogen-bond donors (Lipinski definition) is 1. The fourth-order valence-electron chi connectivity index (χ4n) is 3.62. The first-order valence-electron chi connectivity index (χ1n) is 7.52. The van der Waals surface area contributed by atoms with Crippen LogP contribution in [0.4, 0.5) is 0 Å². The van der Waals surface area contributed by atoms with E-state index in [1.165, 1.54) is 19.3 Å². The molecule has 3 unspecified atom stereocenters. The second-order valence-electron chi connectivity index (χ2n) is 6.50. The summed E-state index contributed by atoms with van der Waals surface area (Å²) >= 11 is 0. The molecule has 104 valence electrons. The van der Waals surface area contributed by atoms with Crippen molar-refractivity contribution in [3.05, 3.63) is 0 Å². The molecule has 1 aliphatic carbocycles. The molecule has 2 aliphatic rings. The maximum atomic E-state index is 10.7. The van der Waals surface area contributed by atoms with E-state index in [1.54, 1.807) is 0 Å². The number of hydrogen-bond acceptors (Lipinski definition) is 2. The summed E-state index contributed by atoms with van der Waals surface area (Å²) in [6.07, 6.45) is 6.56. The quantitative estimate of drug-likeness (QED) is 0.840. The van der Waals surface area contributed by atoms with E-state index in [9.17, 15) is 4.79 Å². The molecule has 0 radical (unpaired) electrons. The molecule has 1 heterocycles. The van der Waals surface area contributed by atoms with Gasteiger partial charge in [-0.1, -0.05) is 13.8 Å². The molecule has 3 nitrogen and oxygen atoms in total. The summed E-state index contributed by atoms with van der Waals surface area (Å²) in [6, 6.07) is 0.766. The average Bonchev–Trinajstić information content (AvgIpc) is 2.33. The van der Waals surface area contributed by atoms with Gasteiger partial charge in [0.15, 0.2) is 0 Å². The second-order valence-corrected chi connectivity index (χ2v) is 6.50. The van der Waals surface area contributed by atoms with Crippen LogP contribution in [0.1, 0.15) is 52.4 Å². The van der Waals surface area contributed by atoms with Crippen LogP contribution in [0.2, 0.25) is 0 Å². The van der Waals surface area contributed by atoms with Crippen LogP contribution in [0.15, 0.2) is 0 Å². The number of carboxylic acids is 1. The summed E-state index contributed by atoms with van der Waals surface area (Å²) in [7, 11) is 0. The van der Waals surface area contributed by atoms with Gasteiger partial charge in [-0.05, 0) is 62.9 Å². The predicted octanol–water partition coefficient (Wildman–Crippen LogP) is 3.00. The minimum atomic E-state index is -0.631. The Labute approximate surface area is 111 Å². The molecule has 0 aromatic carbocycles. The molecule has 0 aromatic rings. The van der Waals surface area contributed by atoms with Crippen molar-refractivity contribution >= 4 is 5.97 Å². The lowest BCUT2D eigenvalue weighted by Crippen LogP contribution is -2.44. The lowest BCUT2D eigenvalue weighted by atomic mass is 9.78. The molecule has 0 aromatic heterocycles. The zero-order valence-corrected chi connectivity index (χ0v) is 11.8. The lowest BCUT2D eigenvalue weighted by molar-refractivity contribution is -0.138. The van der Waals surface area contributed by atoms with Crippen molar-refractivity contribution in [2.24, 2.45) is 17.8 Å². The van der Waals surface area contributed by atoms with Gasteiger partial charge in [0.25, 0.3) is 0 Å². The van der Waals surface area contributed by atoms with Gasteiger partial charge in [-0.25, -0.2) is 0 Å². The number of piperidine rings is 1. The summed E-state index contributed by atoms with van der Waals surface area (Å²) in [5, 5.41) is 8.83. The lowest BCUT2D eigenvalue weighted by Gasteiger charge is -2.42. The SMILES string of the molecule is CC1CCC(N2CCC(CC(=O)O)CC2)CC1C. The van der Waals surface area contributed by atoms with Crippen LogP contribution in [-0.4, -0.2) is 35.1 Å². The van der Waals surface area contributed by atoms with Crippen LogP contribution in [0.25, 0.3) is 0 Å². The molecule has 3 heteroatoms. The summed E-state index contributed by atoms with van der Waals surface area (Å²) in [5.74, 6) is 1.51. The Kier molecular flexibility index (Phi) is 4.66. The molecule has 1 saturated heterocycles. The zero-order valence-electron chi connectivity index (χ0n) is 11.8. The Morgan fingerprint density at radius 2 is 1.78 bits per heavy atom. The van der Waals surface area contributed by atoms with E-state index in [0.29, 0.717) is 12.3 Å². The fourth-order valence-corrected chi connectivity index (χ4v) is 3.62. The van der Waals surface area contributed by atoms with Gasteiger partial charge in [0.2, 0.25) is 0 Å². The van der Waals surface area contributed by atoms with Gasteiger partial charge in [-0.15, -0.1) is 0 Å². The van der Waals surface area contributed by atoms with Crippen molar-refractivity contribution in [2.75, 3.05) is 13.1 Å². The molecule has 2 fully saturated rings. The highest BCUT2D eigenvalue weighted by Gasteiger charge is 2.31. The molecule has 1 N–H and O–H groups in total. The third-order valence-electron chi connectivity index (χ3n) is 5.20. The summed E-state index contributed by atoms with van der Waals surface area (Å²) in [5.41, 5.74) is 0. The number of rotatable bonds is 3. The van der Waals surface area contributed by atoms with E-state index in [0.717, 1.165) is 43.8 Å². The average molecular weight is 253 g/mol. The third-order valence-corrected chi connectivity index (χ3v) is 5.20. The maximum Gasteiger partial charge on any atom is 0.303 e. The summed E-state index contributed by atoms with van der Waals surface area (Å²) in [6.45, 7) is 6.99. The van der Waals surface area contributed by atoms with Gasteiger partial charge >= 0.3 is 5.97 Å². The molecule has 0 bridgehead atoms. The van der Waals surface area contributed by atoms with E-state index >= 15 is 0 Å². The van der Waals surface area contributed by atoms with Crippen LogP contribution in [0.5, 0.6) is 0 Å². The first-order valence-corrected chi connectivity index (χ1v) is 7.52. The highest BCUT2D eigenvalue weighted by molar-refractivity contribution is 5.67. The molecule has 1 aliphatic heterocycles. The van der Waals surface area contributed by atoms with E-state index in [2.05, 4.69) is 18.7 Å². The van der Waals surface area contributed by atoms with Crippen molar-refractivity contribution in [2.45, 2.75) is 58.4 Å². The minimum Gasteiger partial charge on any atom is -0.481 e. The van der Waals surface area contributed by atoms with Gasteiger partial charge in [0.1, 0.15) is 0 Å². The normalized spacial score (nSPS) is 35.6. The summed E-state index contributed by atoms with van der Waals surface area (Å²) < 4.78 is 0. The summed E-state index contributed by atoms with van der Waals surface area (Å²) in [4.78, 5) is 13.3. The highest BCUT2D eigenvalue weighted by Crippen LogP contribution is 2.34. The molecule has 1 saturated carbocycles. The Morgan fingerprint density at radius 3 is 2.33 bits per heavy atom. The Balaban J connectivity index is 1.77. The fraction of sp³-hybridized carbons (Fsp3) is 0.933. The predicted molar refractivity (Wildman–Crippen MR) is 72.5 cm³/mol. The molecule has 0 amide bonds. The first-order chi connectivity index (χ1) is 8.56. The van der Waals surface area contributed by atoms with Crippen molar-refractivity contribution in [1.82, 2.24) is 4.90 Å². The van der Waals surface area contributed by atoms with Crippen molar-refractivity contribution in [3.63, 3.8) is 0 Å². The maximum absolute atomic E-state index is 10.7. The second kappa shape index (κ2) is 6.05. The number of likely N-dealkylation sites (tertiary alicyclic amines) is 1. The van der Waals surface area contributed by atoms with Crippen LogP contribution >= 0.6 is 0 Å². The molecular weight excluding hydrogens is 226 g/mol. The van der Waals surface area contributed by atoms with E-state index in [-0.39, 0.29) is 0 Å². The standard InChI is InChI=1S/C15H27NO2/c1-11-3-4-14(9-12(11)2)16-7-5-13(6-8-16)10-15(17)18/h11-14H,3-10H2,1-2H3,(H,17,18). The van der Waals surface area contributed by atoms with Crippen LogP contribution in [0, 0.1) is 17.8 Å². The molecule has 0 spiro atoms. The molecule has 18 heavy (non-hydrogen) atoms. The number of carboxylic acid groups (broad SMARTS) is 1. The molecule has 2 rings (SSSR count). The smallest absolute Gasteiger partial charge is 0.303 e. The first kappa shape index (κ1) is 13.9.